The maximum absolute atomic E-state index is 12.4. The monoisotopic (exact) mass is 503 g/mol. The molecule has 6 nitrogen and oxygen atoms in total. The molecule has 0 spiro atoms. The van der Waals surface area contributed by atoms with Crippen LogP contribution in [-0.4, -0.2) is 48.8 Å². The zero-order valence-corrected chi connectivity index (χ0v) is 19.3. The molecular formula is C19H16Cl3N3O3S2. The van der Waals surface area contributed by atoms with E-state index >= 15 is 0 Å². The standard InChI is InChI=1S/C19H16Cl3N3O3S2/c20-11-2-1-3-14(5-11)23-18(26)8-29-19-24-16-9-30(27,28)10-17(16)25(19)15-6-12(21)4-13(22)7-15/h1-7,16-17H,8-10H2,(H,23,26). The lowest BCUT2D eigenvalue weighted by molar-refractivity contribution is -0.113. The number of thioether (sulfide) groups is 1. The number of halogens is 3. The van der Waals surface area contributed by atoms with Crippen molar-refractivity contribution in [2.75, 3.05) is 27.5 Å². The van der Waals surface area contributed by atoms with Crippen LogP contribution in [0.5, 0.6) is 0 Å². The highest BCUT2D eigenvalue weighted by Crippen LogP contribution is 2.37. The van der Waals surface area contributed by atoms with Gasteiger partial charge in [0, 0.05) is 26.4 Å². The Hall–Kier alpha value is -1.45. The van der Waals surface area contributed by atoms with E-state index in [-0.39, 0.29) is 35.2 Å². The van der Waals surface area contributed by atoms with Gasteiger partial charge in [-0.2, -0.15) is 0 Å². The van der Waals surface area contributed by atoms with Crippen LogP contribution >= 0.6 is 46.6 Å². The van der Waals surface area contributed by atoms with Gasteiger partial charge in [0.1, 0.15) is 0 Å². The van der Waals surface area contributed by atoms with Crippen molar-refractivity contribution in [3.63, 3.8) is 0 Å². The van der Waals surface area contributed by atoms with Crippen molar-refractivity contribution < 1.29 is 13.2 Å². The van der Waals surface area contributed by atoms with Crippen LogP contribution < -0.4 is 10.2 Å². The smallest absolute Gasteiger partial charge is 0.234 e. The molecule has 2 unspecified atom stereocenters. The molecule has 2 aliphatic heterocycles. The van der Waals surface area contributed by atoms with Crippen LogP contribution in [0.15, 0.2) is 47.5 Å². The van der Waals surface area contributed by atoms with Gasteiger partial charge in [-0.25, -0.2) is 8.42 Å². The summed E-state index contributed by atoms with van der Waals surface area (Å²) in [6, 6.07) is 11.2. The average molecular weight is 505 g/mol. The zero-order valence-electron chi connectivity index (χ0n) is 15.4. The second-order valence-corrected chi connectivity index (χ2v) is 11.4. The Morgan fingerprint density at radius 3 is 2.53 bits per heavy atom. The number of amides is 1. The molecule has 2 aromatic rings. The molecule has 2 heterocycles. The van der Waals surface area contributed by atoms with Gasteiger partial charge in [-0.1, -0.05) is 52.6 Å². The largest absolute Gasteiger partial charge is 0.325 e. The van der Waals surface area contributed by atoms with Crippen LogP contribution in [0.1, 0.15) is 0 Å². The number of amidine groups is 1. The fourth-order valence-electron chi connectivity index (χ4n) is 3.51. The molecule has 0 aromatic heterocycles. The number of hydrogen-bond acceptors (Lipinski definition) is 6. The van der Waals surface area contributed by atoms with Gasteiger partial charge in [0.2, 0.25) is 5.91 Å². The Kier molecular flexibility index (Phi) is 6.23. The minimum absolute atomic E-state index is 0.00985. The molecule has 1 fully saturated rings. The summed E-state index contributed by atoms with van der Waals surface area (Å²) in [5, 5.41) is 4.75. The molecule has 30 heavy (non-hydrogen) atoms. The van der Waals surface area contributed by atoms with Gasteiger partial charge < -0.3 is 10.2 Å². The summed E-state index contributed by atoms with van der Waals surface area (Å²) in [4.78, 5) is 18.8. The Bertz CT molecular complexity index is 1120. The highest BCUT2D eigenvalue weighted by molar-refractivity contribution is 8.14. The molecule has 11 heteroatoms. The number of nitrogens with zero attached hydrogens (tertiary/aromatic N) is 2. The zero-order chi connectivity index (χ0) is 21.5. The molecule has 0 aliphatic carbocycles. The molecule has 0 saturated carbocycles. The molecule has 2 aromatic carbocycles. The van der Waals surface area contributed by atoms with Crippen LogP contribution in [0.4, 0.5) is 11.4 Å². The van der Waals surface area contributed by atoms with Gasteiger partial charge in [0.25, 0.3) is 0 Å². The second-order valence-electron chi connectivity index (χ2n) is 6.97. The first-order chi connectivity index (χ1) is 14.2. The van der Waals surface area contributed by atoms with Crippen LogP contribution in [0, 0.1) is 0 Å². The van der Waals surface area contributed by atoms with E-state index in [1.807, 2.05) is 4.90 Å². The lowest BCUT2D eigenvalue weighted by atomic mass is 10.1. The predicted octanol–water partition coefficient (Wildman–Crippen LogP) is 4.36. The second kappa shape index (κ2) is 8.59. The van der Waals surface area contributed by atoms with Crippen LogP contribution in [0.2, 0.25) is 15.1 Å². The third-order valence-electron chi connectivity index (χ3n) is 4.67. The van der Waals surface area contributed by atoms with Crippen molar-refractivity contribution in [1.82, 2.24) is 0 Å². The first kappa shape index (κ1) is 21.8. The van der Waals surface area contributed by atoms with Crippen LogP contribution in [-0.2, 0) is 14.6 Å². The number of rotatable bonds is 4. The molecule has 0 radical (unpaired) electrons. The highest BCUT2D eigenvalue weighted by atomic mass is 35.5. The fourth-order valence-corrected chi connectivity index (χ4v) is 6.98. The Labute approximate surface area is 193 Å². The summed E-state index contributed by atoms with van der Waals surface area (Å²) in [7, 11) is -3.18. The molecule has 1 amide bonds. The van der Waals surface area contributed by atoms with Crippen LogP contribution in [0.25, 0.3) is 0 Å². The number of aliphatic imine (C=N–C) groups is 1. The molecule has 4 rings (SSSR count). The van der Waals surface area contributed by atoms with Gasteiger partial charge >= 0.3 is 0 Å². The fraction of sp³-hybridized carbons (Fsp3) is 0.263. The summed E-state index contributed by atoms with van der Waals surface area (Å²) in [6.45, 7) is 0. The van der Waals surface area contributed by atoms with Crippen molar-refractivity contribution in [2.24, 2.45) is 4.99 Å². The first-order valence-electron chi connectivity index (χ1n) is 8.92. The Morgan fingerprint density at radius 2 is 1.83 bits per heavy atom. The number of anilines is 2. The average Bonchev–Trinajstić information content (AvgIpc) is 3.10. The Balaban J connectivity index is 1.53. The van der Waals surface area contributed by atoms with Crippen molar-refractivity contribution in [2.45, 2.75) is 12.1 Å². The lowest BCUT2D eigenvalue weighted by Crippen LogP contribution is -2.39. The number of sulfone groups is 1. The van der Waals surface area contributed by atoms with E-state index < -0.39 is 9.84 Å². The van der Waals surface area contributed by atoms with Gasteiger partial charge in [-0.05, 0) is 36.4 Å². The number of carbonyl (C=O) groups is 1. The van der Waals surface area contributed by atoms with E-state index in [0.29, 0.717) is 31.6 Å². The maximum Gasteiger partial charge on any atom is 0.234 e. The van der Waals surface area contributed by atoms with Crippen molar-refractivity contribution >= 4 is 78.9 Å². The minimum Gasteiger partial charge on any atom is -0.325 e. The van der Waals surface area contributed by atoms with E-state index in [0.717, 1.165) is 0 Å². The summed E-state index contributed by atoms with van der Waals surface area (Å²) < 4.78 is 24.3. The van der Waals surface area contributed by atoms with E-state index in [9.17, 15) is 13.2 Å². The third kappa shape index (κ3) is 4.89. The normalized spacial score (nSPS) is 22.0. The quantitative estimate of drug-likeness (QED) is 0.669. The van der Waals surface area contributed by atoms with E-state index in [1.165, 1.54) is 11.8 Å². The van der Waals surface area contributed by atoms with E-state index in [4.69, 9.17) is 34.8 Å². The van der Waals surface area contributed by atoms with Crippen LogP contribution in [0.3, 0.4) is 0 Å². The predicted molar refractivity (Wildman–Crippen MR) is 125 cm³/mol. The molecular weight excluding hydrogens is 489 g/mol. The van der Waals surface area contributed by atoms with Crippen molar-refractivity contribution in [3.8, 4) is 0 Å². The molecule has 158 valence electrons. The van der Waals surface area contributed by atoms with Crippen molar-refractivity contribution in [3.05, 3.63) is 57.5 Å². The summed E-state index contributed by atoms with van der Waals surface area (Å²) >= 11 is 19.5. The summed E-state index contributed by atoms with van der Waals surface area (Å²) in [6.07, 6.45) is 0. The molecule has 0 bridgehead atoms. The van der Waals surface area contributed by atoms with Gasteiger partial charge in [0.05, 0.1) is 29.3 Å². The number of benzene rings is 2. The molecule has 2 aliphatic rings. The molecule has 1 N–H and O–H groups in total. The maximum atomic E-state index is 12.4. The van der Waals surface area contributed by atoms with E-state index in [2.05, 4.69) is 10.3 Å². The van der Waals surface area contributed by atoms with Gasteiger partial charge in [-0.3, -0.25) is 9.79 Å². The first-order valence-corrected chi connectivity index (χ1v) is 12.9. The number of nitrogens with one attached hydrogen (secondary N) is 1. The highest BCUT2D eigenvalue weighted by Gasteiger charge is 2.47. The van der Waals surface area contributed by atoms with Gasteiger partial charge in [-0.15, -0.1) is 0 Å². The summed E-state index contributed by atoms with van der Waals surface area (Å²) in [5.41, 5.74) is 1.25. The Morgan fingerprint density at radius 1 is 1.10 bits per heavy atom. The number of fused-ring (bicyclic) bond motifs is 1. The van der Waals surface area contributed by atoms with E-state index in [1.54, 1.807) is 42.5 Å². The summed E-state index contributed by atoms with van der Waals surface area (Å²) in [5.74, 6) is -0.146. The molecule has 1 saturated heterocycles. The number of carbonyl (C=O) groups excluding carboxylic acids is 1. The topological polar surface area (TPSA) is 78.8 Å². The van der Waals surface area contributed by atoms with Crippen molar-refractivity contribution in [1.29, 1.82) is 0 Å². The molecule has 2 atom stereocenters. The van der Waals surface area contributed by atoms with Gasteiger partial charge in [0.15, 0.2) is 15.0 Å². The SMILES string of the molecule is O=C(CSC1=NC2CS(=O)(=O)CC2N1c1cc(Cl)cc(Cl)c1)Nc1cccc(Cl)c1. The number of hydrogen-bond donors (Lipinski definition) is 1. The third-order valence-corrected chi connectivity index (χ3v) is 8.01. The minimum atomic E-state index is -3.18. The lowest BCUT2D eigenvalue weighted by Gasteiger charge is -2.26.